The topological polar surface area (TPSA) is 138 Å². The highest BCUT2D eigenvalue weighted by Gasteiger charge is 2.27. The van der Waals surface area contributed by atoms with Crippen LogP contribution >= 0.6 is 0 Å². The molecule has 1 fully saturated rings. The van der Waals surface area contributed by atoms with Crippen LogP contribution in [0.5, 0.6) is 0 Å². The van der Waals surface area contributed by atoms with Gasteiger partial charge in [0.2, 0.25) is 5.91 Å². The number of piperidine rings is 1. The van der Waals surface area contributed by atoms with E-state index in [2.05, 4.69) is 10.2 Å². The number of hydrogen-bond acceptors (Lipinski definition) is 7. The molecular formula is C21H26N4O6. The van der Waals surface area contributed by atoms with Crippen LogP contribution in [-0.4, -0.2) is 60.4 Å². The first-order valence-corrected chi connectivity index (χ1v) is 10.0. The number of carbonyl (C=O) groups excluding carboxylic acids is 4. The lowest BCUT2D eigenvalue weighted by atomic mass is 10.1. The number of likely N-dealkylation sites (tertiary alicyclic amines) is 1. The lowest BCUT2D eigenvalue weighted by Crippen LogP contribution is -2.50. The molecule has 1 aliphatic heterocycles. The van der Waals surface area contributed by atoms with Gasteiger partial charge in [0.05, 0.1) is 17.7 Å². The Morgan fingerprint density at radius 3 is 2.42 bits per heavy atom. The van der Waals surface area contributed by atoms with Crippen LogP contribution in [0.4, 0.5) is 0 Å². The summed E-state index contributed by atoms with van der Waals surface area (Å²) in [5.74, 6) is -1.69. The van der Waals surface area contributed by atoms with Gasteiger partial charge in [-0.25, -0.2) is 4.79 Å². The summed E-state index contributed by atoms with van der Waals surface area (Å²) in [6, 6.07) is 7.43. The van der Waals surface area contributed by atoms with Crippen LogP contribution in [0.15, 0.2) is 24.3 Å². The van der Waals surface area contributed by atoms with E-state index in [1.807, 2.05) is 11.5 Å². The molecular weight excluding hydrogens is 404 g/mol. The van der Waals surface area contributed by atoms with E-state index in [1.165, 1.54) is 12.1 Å². The van der Waals surface area contributed by atoms with E-state index >= 15 is 0 Å². The van der Waals surface area contributed by atoms with Crippen molar-refractivity contribution in [1.29, 1.82) is 5.26 Å². The first-order valence-electron chi connectivity index (χ1n) is 10.0. The van der Waals surface area contributed by atoms with Crippen LogP contribution < -0.4 is 10.8 Å². The molecule has 1 aliphatic rings. The quantitative estimate of drug-likeness (QED) is 0.606. The number of nitrogens with one attached hydrogen (secondary N) is 2. The Bertz CT molecular complexity index is 840. The minimum Gasteiger partial charge on any atom is -0.368 e. The second kappa shape index (κ2) is 11.7. The summed E-state index contributed by atoms with van der Waals surface area (Å²) in [4.78, 5) is 53.7. The average Bonchev–Trinajstić information content (AvgIpc) is 2.80. The van der Waals surface area contributed by atoms with Crippen LogP contribution in [0.2, 0.25) is 0 Å². The van der Waals surface area contributed by atoms with Crippen molar-refractivity contribution in [2.75, 3.05) is 19.7 Å². The molecule has 0 spiro atoms. The maximum atomic E-state index is 12.6. The lowest BCUT2D eigenvalue weighted by molar-refractivity contribution is -0.160. The number of rotatable bonds is 7. The molecule has 1 heterocycles. The molecule has 2 rings (SSSR count). The maximum Gasteiger partial charge on any atom is 0.331 e. The zero-order valence-corrected chi connectivity index (χ0v) is 17.6. The van der Waals surface area contributed by atoms with Gasteiger partial charge in [-0.15, -0.1) is 0 Å². The fourth-order valence-corrected chi connectivity index (χ4v) is 2.96. The molecule has 0 aliphatic carbocycles. The molecule has 0 aromatic heterocycles. The lowest BCUT2D eigenvalue weighted by Gasteiger charge is -2.33. The highest BCUT2D eigenvalue weighted by atomic mass is 16.7. The van der Waals surface area contributed by atoms with Gasteiger partial charge < -0.3 is 19.8 Å². The fraction of sp³-hybridized carbons (Fsp3) is 0.476. The van der Waals surface area contributed by atoms with Crippen molar-refractivity contribution in [3.8, 4) is 6.07 Å². The zero-order chi connectivity index (χ0) is 22.8. The zero-order valence-electron chi connectivity index (χ0n) is 17.6. The van der Waals surface area contributed by atoms with Gasteiger partial charge >= 0.3 is 5.97 Å². The molecule has 0 radical (unpaired) electrons. The van der Waals surface area contributed by atoms with E-state index in [-0.39, 0.29) is 25.0 Å². The Kier molecular flexibility index (Phi) is 8.96. The smallest absolute Gasteiger partial charge is 0.331 e. The highest BCUT2D eigenvalue weighted by molar-refractivity contribution is 5.97. The van der Waals surface area contributed by atoms with Crippen molar-refractivity contribution in [2.45, 2.75) is 45.3 Å². The molecule has 166 valence electrons. The molecule has 1 unspecified atom stereocenters. The molecule has 0 bridgehead atoms. The van der Waals surface area contributed by atoms with E-state index in [0.717, 1.165) is 0 Å². The molecule has 10 nitrogen and oxygen atoms in total. The Morgan fingerprint density at radius 2 is 1.84 bits per heavy atom. The van der Waals surface area contributed by atoms with Crippen LogP contribution in [0, 0.1) is 11.3 Å². The summed E-state index contributed by atoms with van der Waals surface area (Å²) < 4.78 is 5.51. The van der Waals surface area contributed by atoms with Gasteiger partial charge in [0, 0.05) is 25.1 Å². The van der Waals surface area contributed by atoms with Gasteiger partial charge in [0.15, 0.2) is 0 Å². The van der Waals surface area contributed by atoms with E-state index in [9.17, 15) is 19.2 Å². The van der Waals surface area contributed by atoms with Crippen LogP contribution in [0.1, 0.15) is 49.0 Å². The summed E-state index contributed by atoms with van der Waals surface area (Å²) in [7, 11) is 0. The molecule has 3 amide bonds. The van der Waals surface area contributed by atoms with Gasteiger partial charge in [-0.3, -0.25) is 14.4 Å². The second-order valence-corrected chi connectivity index (χ2v) is 7.07. The maximum absolute atomic E-state index is 12.6. The number of amides is 3. The fourth-order valence-electron chi connectivity index (χ4n) is 2.96. The van der Waals surface area contributed by atoms with Crippen molar-refractivity contribution in [2.24, 2.45) is 0 Å². The Labute approximate surface area is 180 Å². The minimum absolute atomic E-state index is 0.153. The van der Waals surface area contributed by atoms with Crippen molar-refractivity contribution >= 4 is 23.7 Å². The number of hydrogen-bond donors (Lipinski definition) is 2. The third kappa shape index (κ3) is 7.38. The molecule has 1 atom stereocenters. The number of ether oxygens (including phenoxy) is 1. The summed E-state index contributed by atoms with van der Waals surface area (Å²) in [5.41, 5.74) is 2.84. The predicted octanol–water partition coefficient (Wildman–Crippen LogP) is 0.669. The van der Waals surface area contributed by atoms with E-state index < -0.39 is 23.8 Å². The first-order chi connectivity index (χ1) is 14.8. The summed E-state index contributed by atoms with van der Waals surface area (Å²) >= 11 is 0. The Balaban J connectivity index is 1.73. The third-order valence-electron chi connectivity index (χ3n) is 4.77. The van der Waals surface area contributed by atoms with Crippen LogP contribution in [0.3, 0.4) is 0 Å². The predicted molar refractivity (Wildman–Crippen MR) is 108 cm³/mol. The van der Waals surface area contributed by atoms with E-state index in [1.54, 1.807) is 30.9 Å². The van der Waals surface area contributed by atoms with Crippen LogP contribution in [-0.2, 0) is 24.0 Å². The third-order valence-corrected chi connectivity index (χ3v) is 4.77. The second-order valence-electron chi connectivity index (χ2n) is 7.07. The van der Waals surface area contributed by atoms with Crippen molar-refractivity contribution in [3.05, 3.63) is 35.4 Å². The Hall–Kier alpha value is -3.45. The van der Waals surface area contributed by atoms with Crippen molar-refractivity contribution < 1.29 is 28.8 Å². The number of nitriles is 1. The minimum atomic E-state index is -0.709. The standard InChI is InChI=1S/C21H26N4O6/c1-3-19(27)31-24-18(26)13-30-17-8-10-25(11-9-17)21(29)14(2)23-20(28)16-6-4-15(12-22)5-7-16/h4-7,14,17H,3,8-11,13H2,1-2H3,(H,23,28)(H,24,26). The number of carbonyl (C=O) groups is 4. The van der Waals surface area contributed by atoms with E-state index in [0.29, 0.717) is 37.1 Å². The summed E-state index contributed by atoms with van der Waals surface area (Å²) in [6.07, 6.45) is 1.05. The SMILES string of the molecule is CCC(=O)ONC(=O)COC1CCN(C(=O)C(C)NC(=O)c2ccc(C#N)cc2)CC1. The molecule has 31 heavy (non-hydrogen) atoms. The van der Waals surface area contributed by atoms with Gasteiger partial charge in [0.25, 0.3) is 11.8 Å². The van der Waals surface area contributed by atoms with Crippen LogP contribution in [0.25, 0.3) is 0 Å². The first kappa shape index (κ1) is 23.8. The monoisotopic (exact) mass is 430 g/mol. The van der Waals surface area contributed by atoms with Gasteiger partial charge in [-0.1, -0.05) is 6.92 Å². The molecule has 2 N–H and O–H groups in total. The summed E-state index contributed by atoms with van der Waals surface area (Å²) in [6.45, 7) is 3.86. The largest absolute Gasteiger partial charge is 0.368 e. The van der Waals surface area contributed by atoms with Crippen molar-refractivity contribution in [3.63, 3.8) is 0 Å². The molecule has 1 aromatic carbocycles. The normalized spacial score (nSPS) is 14.8. The average molecular weight is 430 g/mol. The number of benzene rings is 1. The molecule has 10 heteroatoms. The molecule has 1 aromatic rings. The number of hydroxylamine groups is 1. The Morgan fingerprint density at radius 1 is 1.19 bits per heavy atom. The van der Waals surface area contributed by atoms with Crippen molar-refractivity contribution in [1.82, 2.24) is 15.7 Å². The van der Waals surface area contributed by atoms with Gasteiger partial charge in [-0.05, 0) is 44.0 Å². The number of nitrogens with zero attached hydrogens (tertiary/aromatic N) is 2. The highest BCUT2D eigenvalue weighted by Crippen LogP contribution is 2.15. The summed E-state index contributed by atoms with van der Waals surface area (Å²) in [5, 5.41) is 11.5. The van der Waals surface area contributed by atoms with Gasteiger partial charge in [0.1, 0.15) is 12.6 Å². The molecule has 0 saturated carbocycles. The van der Waals surface area contributed by atoms with E-state index in [4.69, 9.17) is 10.00 Å². The van der Waals surface area contributed by atoms with Gasteiger partial charge in [-0.2, -0.15) is 10.7 Å². The molecule has 1 saturated heterocycles.